The maximum absolute atomic E-state index is 8.16. The largest absolute Gasteiger partial charge is 0.236 e. The quantitative estimate of drug-likeness (QED) is 0.480. The molecule has 2 heteroatoms. The first-order valence-corrected chi connectivity index (χ1v) is 2.28. The van der Waals surface area contributed by atoms with E-state index >= 15 is 0 Å². The van der Waals surface area contributed by atoms with Crippen molar-refractivity contribution in [1.29, 1.82) is 5.26 Å². The molecule has 0 aromatic carbocycles. The second-order valence-corrected chi connectivity index (χ2v) is 1.80. The second-order valence-electron chi connectivity index (χ2n) is 1.80. The summed E-state index contributed by atoms with van der Waals surface area (Å²) in [5.41, 5.74) is 6.20. The highest BCUT2D eigenvalue weighted by molar-refractivity contribution is 4.98. The van der Waals surface area contributed by atoms with Crippen LogP contribution in [0.1, 0.15) is 20.3 Å². The molecular formula is C5H9N2. The Labute approximate surface area is 43.9 Å². The molecule has 0 rings (SSSR count). The van der Waals surface area contributed by atoms with Gasteiger partial charge in [-0.3, -0.25) is 0 Å². The number of nitrogens with one attached hydrogen (secondary N) is 1. The molecular weight excluding hydrogens is 88.1 g/mol. The molecule has 0 aliphatic heterocycles. The lowest BCUT2D eigenvalue weighted by atomic mass is 10.0. The number of nitrogens with zero attached hydrogens (tertiary/aromatic N) is 1. The van der Waals surface area contributed by atoms with Gasteiger partial charge in [0.2, 0.25) is 0 Å². The third-order valence-electron chi connectivity index (χ3n) is 0.954. The van der Waals surface area contributed by atoms with Crippen LogP contribution in [0.4, 0.5) is 0 Å². The minimum atomic E-state index is -0.861. The number of nitriles is 1. The zero-order valence-corrected chi connectivity index (χ0v) is 4.65. The average Bonchev–Trinajstić information content (AvgIpc) is 1.68. The third-order valence-corrected chi connectivity index (χ3v) is 0.954. The van der Waals surface area contributed by atoms with Crippen LogP contribution in [-0.4, -0.2) is 5.54 Å². The first-order valence-electron chi connectivity index (χ1n) is 2.28. The lowest BCUT2D eigenvalue weighted by Gasteiger charge is -2.07. The Morgan fingerprint density at radius 1 is 1.86 bits per heavy atom. The number of hydrogen-bond donors (Lipinski definition) is 0. The topological polar surface area (TPSA) is 47.6 Å². The molecule has 0 bridgehead atoms. The van der Waals surface area contributed by atoms with Crippen LogP contribution in [0.5, 0.6) is 0 Å². The number of hydrogen-bond acceptors (Lipinski definition) is 1. The maximum atomic E-state index is 8.16. The lowest BCUT2D eigenvalue weighted by Crippen LogP contribution is -2.21. The zero-order chi connectivity index (χ0) is 5.91. The van der Waals surface area contributed by atoms with Crippen molar-refractivity contribution in [2.24, 2.45) is 0 Å². The van der Waals surface area contributed by atoms with Gasteiger partial charge in [0.25, 0.3) is 0 Å². The van der Waals surface area contributed by atoms with Crippen molar-refractivity contribution in [2.75, 3.05) is 0 Å². The predicted molar refractivity (Wildman–Crippen MR) is 27.4 cm³/mol. The monoisotopic (exact) mass is 97.1 g/mol. The van der Waals surface area contributed by atoms with Crippen LogP contribution < -0.4 is 5.73 Å². The molecule has 0 heterocycles. The molecule has 1 N–H and O–H groups in total. The van der Waals surface area contributed by atoms with Crippen molar-refractivity contribution in [1.82, 2.24) is 5.73 Å². The van der Waals surface area contributed by atoms with Gasteiger partial charge in [0, 0.05) is 0 Å². The molecule has 0 aromatic rings. The molecule has 0 saturated carbocycles. The summed E-state index contributed by atoms with van der Waals surface area (Å²) in [7, 11) is 0. The molecule has 2 nitrogen and oxygen atoms in total. The highest BCUT2D eigenvalue weighted by atomic mass is 14.7. The minimum absolute atomic E-state index is 0.601. The van der Waals surface area contributed by atoms with E-state index in [-0.39, 0.29) is 0 Å². The third kappa shape index (κ3) is 2.18. The van der Waals surface area contributed by atoms with Gasteiger partial charge in [0.15, 0.2) is 0 Å². The Balaban J connectivity index is 3.66. The fourth-order valence-corrected chi connectivity index (χ4v) is 0.0791. The van der Waals surface area contributed by atoms with Crippen LogP contribution in [0, 0.1) is 11.3 Å². The van der Waals surface area contributed by atoms with Crippen molar-refractivity contribution >= 4 is 0 Å². The molecule has 0 fully saturated rings. The first-order chi connectivity index (χ1) is 3.12. The molecule has 7 heavy (non-hydrogen) atoms. The van der Waals surface area contributed by atoms with Gasteiger partial charge in [0.05, 0.1) is 6.07 Å². The van der Waals surface area contributed by atoms with E-state index in [4.69, 9.17) is 11.0 Å². The van der Waals surface area contributed by atoms with Gasteiger partial charge in [-0.05, 0) is 13.3 Å². The Bertz CT molecular complexity index is 88.7. The van der Waals surface area contributed by atoms with E-state index in [2.05, 4.69) is 0 Å². The van der Waals surface area contributed by atoms with E-state index in [9.17, 15) is 0 Å². The summed E-state index contributed by atoms with van der Waals surface area (Å²) in [6.07, 6.45) is 0.601. The summed E-state index contributed by atoms with van der Waals surface area (Å²) < 4.78 is 0. The van der Waals surface area contributed by atoms with Crippen molar-refractivity contribution in [3.8, 4) is 6.07 Å². The van der Waals surface area contributed by atoms with E-state index in [1.807, 2.05) is 13.0 Å². The summed E-state index contributed by atoms with van der Waals surface area (Å²) in [5.74, 6) is 0. The second kappa shape index (κ2) is 1.94. The van der Waals surface area contributed by atoms with Crippen LogP contribution in [0.3, 0.4) is 0 Å². The van der Waals surface area contributed by atoms with Crippen LogP contribution in [-0.2, 0) is 0 Å². The van der Waals surface area contributed by atoms with Gasteiger partial charge in [-0.2, -0.15) is 5.26 Å². The normalized spacial score (nSPS) is 17.4. The van der Waals surface area contributed by atoms with Gasteiger partial charge >= 0.3 is 0 Å². The molecule has 0 aliphatic carbocycles. The molecule has 1 unspecified atom stereocenters. The highest BCUT2D eigenvalue weighted by Gasteiger charge is 2.13. The van der Waals surface area contributed by atoms with Crippen molar-refractivity contribution in [2.45, 2.75) is 25.8 Å². The van der Waals surface area contributed by atoms with E-state index < -0.39 is 5.54 Å². The van der Waals surface area contributed by atoms with Crippen LogP contribution in [0.25, 0.3) is 0 Å². The van der Waals surface area contributed by atoms with Gasteiger partial charge in [-0.25, -0.2) is 5.73 Å². The average molecular weight is 97.1 g/mol. The molecule has 0 saturated heterocycles. The van der Waals surface area contributed by atoms with Crippen molar-refractivity contribution in [3.05, 3.63) is 0 Å². The van der Waals surface area contributed by atoms with Gasteiger partial charge in [-0.15, -0.1) is 0 Å². The van der Waals surface area contributed by atoms with E-state index in [0.717, 1.165) is 0 Å². The fourth-order valence-electron chi connectivity index (χ4n) is 0.0791. The highest BCUT2D eigenvalue weighted by Crippen LogP contribution is 2.02. The molecule has 0 amide bonds. The SMILES string of the molecule is CCC(C)([NH])C#N. The van der Waals surface area contributed by atoms with Gasteiger partial charge in [0.1, 0.15) is 5.54 Å². The fraction of sp³-hybridized carbons (Fsp3) is 0.800. The molecule has 39 valence electrons. The molecule has 1 atom stereocenters. The van der Waals surface area contributed by atoms with Crippen molar-refractivity contribution < 1.29 is 0 Å². The van der Waals surface area contributed by atoms with Crippen molar-refractivity contribution in [3.63, 3.8) is 0 Å². The lowest BCUT2D eigenvalue weighted by molar-refractivity contribution is 0.558. The molecule has 0 spiro atoms. The Kier molecular flexibility index (Phi) is 1.79. The van der Waals surface area contributed by atoms with E-state index in [1.165, 1.54) is 0 Å². The predicted octanol–water partition coefficient (Wildman–Crippen LogP) is 0.962. The summed E-state index contributed by atoms with van der Waals surface area (Å²) in [6, 6.07) is 1.86. The van der Waals surface area contributed by atoms with E-state index in [1.54, 1.807) is 6.92 Å². The minimum Gasteiger partial charge on any atom is -0.236 e. The van der Waals surface area contributed by atoms with Gasteiger partial charge in [-0.1, -0.05) is 6.92 Å². The molecule has 0 aliphatic rings. The summed E-state index contributed by atoms with van der Waals surface area (Å²) in [5, 5.41) is 8.16. The van der Waals surface area contributed by atoms with E-state index in [0.29, 0.717) is 6.42 Å². The Morgan fingerprint density at radius 2 is 2.29 bits per heavy atom. The smallest absolute Gasteiger partial charge is 0.115 e. The summed E-state index contributed by atoms with van der Waals surface area (Å²) >= 11 is 0. The maximum Gasteiger partial charge on any atom is 0.115 e. The van der Waals surface area contributed by atoms with Crippen LogP contribution in [0.2, 0.25) is 0 Å². The molecule has 0 aromatic heterocycles. The molecule has 1 radical (unpaired) electrons. The first kappa shape index (κ1) is 6.45. The van der Waals surface area contributed by atoms with Crippen LogP contribution >= 0.6 is 0 Å². The Hall–Kier alpha value is -0.550. The Morgan fingerprint density at radius 3 is 2.29 bits per heavy atom. The number of rotatable bonds is 1. The van der Waals surface area contributed by atoms with Gasteiger partial charge < -0.3 is 0 Å². The summed E-state index contributed by atoms with van der Waals surface area (Å²) in [4.78, 5) is 0. The zero-order valence-electron chi connectivity index (χ0n) is 4.65. The standard InChI is InChI=1S/C5H9N2/c1-3-5(2,7)4-6/h7H,3H2,1-2H3. The van der Waals surface area contributed by atoms with Crippen LogP contribution in [0.15, 0.2) is 0 Å². The summed E-state index contributed by atoms with van der Waals surface area (Å²) in [6.45, 7) is 3.43.